The smallest absolute Gasteiger partial charge is 0.336 e. The number of hydrogen-bond donors (Lipinski definition) is 1. The second-order valence-electron chi connectivity index (χ2n) is 8.34. The molecule has 1 aliphatic rings. The van der Waals surface area contributed by atoms with Crippen LogP contribution in [0.4, 0.5) is 0 Å². The van der Waals surface area contributed by atoms with E-state index in [-0.39, 0.29) is 12.4 Å². The van der Waals surface area contributed by atoms with Crippen LogP contribution in [0.25, 0.3) is 39.4 Å². The van der Waals surface area contributed by atoms with Gasteiger partial charge >= 0.3 is 5.97 Å². The Kier molecular flexibility index (Phi) is 5.43. The number of hydrogen-bond acceptors (Lipinski definition) is 4. The molecule has 0 unspecified atom stereocenters. The first-order chi connectivity index (χ1) is 17.5. The van der Waals surface area contributed by atoms with Crippen molar-refractivity contribution < 1.29 is 19.4 Å². The van der Waals surface area contributed by atoms with Gasteiger partial charge < -0.3 is 14.6 Å². The van der Waals surface area contributed by atoms with E-state index in [4.69, 9.17) is 26.2 Å². The molecule has 4 aromatic carbocycles. The number of ether oxygens (including phenoxy) is 2. The van der Waals surface area contributed by atoms with Crippen molar-refractivity contribution in [2.75, 3.05) is 6.79 Å². The molecule has 0 saturated heterocycles. The molecule has 0 amide bonds. The van der Waals surface area contributed by atoms with Crippen molar-refractivity contribution in [1.29, 1.82) is 0 Å². The maximum Gasteiger partial charge on any atom is 0.336 e. The van der Waals surface area contributed by atoms with Crippen LogP contribution < -0.4 is 9.47 Å². The van der Waals surface area contributed by atoms with Crippen LogP contribution in [-0.4, -0.2) is 27.6 Å². The quantitative estimate of drug-likeness (QED) is 0.275. The van der Waals surface area contributed by atoms with Gasteiger partial charge in [0.05, 0.1) is 22.6 Å². The van der Waals surface area contributed by atoms with E-state index in [1.165, 1.54) is 0 Å². The lowest BCUT2D eigenvalue weighted by atomic mass is 10.0. The van der Waals surface area contributed by atoms with Crippen molar-refractivity contribution in [3.05, 3.63) is 107 Å². The van der Waals surface area contributed by atoms with Crippen LogP contribution in [0, 0.1) is 0 Å². The Hall–Kier alpha value is -4.55. The highest BCUT2D eigenvalue weighted by molar-refractivity contribution is 6.31. The first-order valence-corrected chi connectivity index (χ1v) is 11.6. The van der Waals surface area contributed by atoms with Crippen molar-refractivity contribution in [3.8, 4) is 28.4 Å². The summed E-state index contributed by atoms with van der Waals surface area (Å²) in [7, 11) is 0. The largest absolute Gasteiger partial charge is 0.478 e. The molecule has 1 aliphatic heterocycles. The van der Waals surface area contributed by atoms with Gasteiger partial charge in [-0.15, -0.1) is 0 Å². The number of aromatic nitrogens is 2. The van der Waals surface area contributed by atoms with Crippen LogP contribution in [0.3, 0.4) is 0 Å². The lowest BCUT2D eigenvalue weighted by Crippen LogP contribution is -2.01. The summed E-state index contributed by atoms with van der Waals surface area (Å²) in [4.78, 5) is 12.1. The van der Waals surface area contributed by atoms with Crippen LogP contribution in [0.1, 0.15) is 11.3 Å². The Bertz CT molecular complexity index is 1670. The number of carboxylic acid groups (broad SMARTS) is 1. The van der Waals surface area contributed by atoms with E-state index in [0.29, 0.717) is 27.8 Å². The van der Waals surface area contributed by atoms with Gasteiger partial charge in [-0.05, 0) is 70.9 Å². The van der Waals surface area contributed by atoms with Crippen LogP contribution in [0.5, 0.6) is 11.5 Å². The Morgan fingerprint density at radius 1 is 0.889 bits per heavy atom. The predicted molar refractivity (Wildman–Crippen MR) is 140 cm³/mol. The van der Waals surface area contributed by atoms with Gasteiger partial charge in [-0.2, -0.15) is 5.10 Å². The number of rotatable bonds is 5. The summed E-state index contributed by atoms with van der Waals surface area (Å²) in [5, 5.41) is 17.4. The van der Waals surface area contributed by atoms with Gasteiger partial charge in [0.2, 0.25) is 6.79 Å². The van der Waals surface area contributed by atoms with E-state index < -0.39 is 5.97 Å². The third-order valence-electron chi connectivity index (χ3n) is 6.03. The zero-order chi connectivity index (χ0) is 24.6. The number of nitrogens with zero attached hydrogens (tertiary/aromatic N) is 2. The summed E-state index contributed by atoms with van der Waals surface area (Å²) < 4.78 is 12.9. The molecule has 0 aliphatic carbocycles. The van der Waals surface area contributed by atoms with E-state index in [9.17, 15) is 9.90 Å². The van der Waals surface area contributed by atoms with Gasteiger partial charge in [-0.25, -0.2) is 9.48 Å². The van der Waals surface area contributed by atoms with Gasteiger partial charge in [-0.3, -0.25) is 0 Å². The number of benzene rings is 4. The van der Waals surface area contributed by atoms with Crippen LogP contribution >= 0.6 is 11.6 Å². The number of carbonyl (C=O) groups is 1. The second-order valence-corrected chi connectivity index (χ2v) is 8.78. The summed E-state index contributed by atoms with van der Waals surface area (Å²) in [6.45, 7) is 0.179. The summed E-state index contributed by atoms with van der Waals surface area (Å²) in [6, 6.07) is 28.5. The van der Waals surface area contributed by atoms with Crippen LogP contribution in [0.15, 0.2) is 91.0 Å². The summed E-state index contributed by atoms with van der Waals surface area (Å²) in [5.41, 5.74) is 3.58. The maximum atomic E-state index is 12.1. The van der Waals surface area contributed by atoms with Gasteiger partial charge in [-0.1, -0.05) is 54.1 Å². The van der Waals surface area contributed by atoms with Gasteiger partial charge in [0, 0.05) is 10.6 Å². The first-order valence-electron chi connectivity index (χ1n) is 11.3. The molecule has 0 fully saturated rings. The first kappa shape index (κ1) is 21.9. The molecule has 2 heterocycles. The highest BCUT2D eigenvalue weighted by Gasteiger charge is 2.19. The fraction of sp³-hybridized carbons (Fsp3) is 0.0345. The molecule has 5 aromatic rings. The number of aliphatic carboxylic acids is 1. The van der Waals surface area contributed by atoms with E-state index in [0.717, 1.165) is 27.7 Å². The Balaban J connectivity index is 1.53. The number of carboxylic acids is 1. The normalized spacial score (nSPS) is 12.8. The SMILES string of the molecule is O=C(O)/C(=C\c1cc(-c2ccc3c(c2)OCO3)n(-c2ccc3ccccc3c2)n1)c1cccc(Cl)c1. The van der Waals surface area contributed by atoms with Crippen LogP contribution in [-0.2, 0) is 4.79 Å². The molecule has 0 radical (unpaired) electrons. The molecule has 6 rings (SSSR count). The Morgan fingerprint density at radius 3 is 2.56 bits per heavy atom. The highest BCUT2D eigenvalue weighted by Crippen LogP contribution is 2.37. The lowest BCUT2D eigenvalue weighted by Gasteiger charge is -2.09. The molecular formula is C29H19ClN2O4. The molecule has 0 spiro atoms. The molecule has 36 heavy (non-hydrogen) atoms. The molecule has 176 valence electrons. The average Bonchev–Trinajstić information content (AvgIpc) is 3.53. The van der Waals surface area contributed by atoms with E-state index in [1.807, 2.05) is 59.3 Å². The number of fused-ring (bicyclic) bond motifs is 2. The monoisotopic (exact) mass is 494 g/mol. The molecule has 0 atom stereocenters. The molecule has 6 nitrogen and oxygen atoms in total. The zero-order valence-electron chi connectivity index (χ0n) is 18.9. The summed E-state index contributed by atoms with van der Waals surface area (Å²) in [6.07, 6.45) is 1.56. The summed E-state index contributed by atoms with van der Waals surface area (Å²) in [5.74, 6) is 0.271. The highest BCUT2D eigenvalue weighted by atomic mass is 35.5. The van der Waals surface area contributed by atoms with Crippen molar-refractivity contribution in [2.24, 2.45) is 0 Å². The van der Waals surface area contributed by atoms with E-state index in [1.54, 1.807) is 30.3 Å². The minimum absolute atomic E-state index is 0.0953. The van der Waals surface area contributed by atoms with Crippen molar-refractivity contribution in [1.82, 2.24) is 9.78 Å². The lowest BCUT2D eigenvalue weighted by molar-refractivity contribution is -0.130. The molecule has 0 saturated carbocycles. The standard InChI is InChI=1S/C29H19ClN2O4/c30-22-7-3-6-20(12-22)25(29(33)34)15-23-16-26(21-9-11-27-28(14-21)36-17-35-27)32(31-23)24-10-8-18-4-1-2-5-19(18)13-24/h1-16H,17H2,(H,33,34)/b25-15-. The Morgan fingerprint density at radius 2 is 1.72 bits per heavy atom. The fourth-order valence-electron chi connectivity index (χ4n) is 4.31. The van der Waals surface area contributed by atoms with Crippen molar-refractivity contribution in [2.45, 2.75) is 0 Å². The molecule has 7 heteroatoms. The van der Waals surface area contributed by atoms with Crippen molar-refractivity contribution in [3.63, 3.8) is 0 Å². The minimum atomic E-state index is -1.07. The predicted octanol–water partition coefficient (Wildman–Crippen LogP) is 6.70. The molecule has 1 aromatic heterocycles. The van der Waals surface area contributed by atoms with E-state index in [2.05, 4.69) is 12.1 Å². The Labute approximate surface area is 211 Å². The third kappa shape index (κ3) is 4.08. The van der Waals surface area contributed by atoms with E-state index >= 15 is 0 Å². The number of halogens is 1. The maximum absolute atomic E-state index is 12.1. The van der Waals surface area contributed by atoms with Crippen LogP contribution in [0.2, 0.25) is 5.02 Å². The average molecular weight is 495 g/mol. The molecule has 0 bridgehead atoms. The second kappa shape index (κ2) is 8.91. The molecule has 1 N–H and O–H groups in total. The zero-order valence-corrected chi connectivity index (χ0v) is 19.6. The van der Waals surface area contributed by atoms with Gasteiger partial charge in [0.15, 0.2) is 11.5 Å². The van der Waals surface area contributed by atoms with Gasteiger partial charge in [0.25, 0.3) is 0 Å². The third-order valence-corrected chi connectivity index (χ3v) is 6.27. The molecular weight excluding hydrogens is 476 g/mol. The van der Waals surface area contributed by atoms with Gasteiger partial charge in [0.1, 0.15) is 0 Å². The summed E-state index contributed by atoms with van der Waals surface area (Å²) >= 11 is 6.12. The fourth-order valence-corrected chi connectivity index (χ4v) is 4.50. The van der Waals surface area contributed by atoms with Crippen molar-refractivity contribution >= 4 is 40.0 Å². The minimum Gasteiger partial charge on any atom is -0.478 e. The topological polar surface area (TPSA) is 73.6 Å².